The van der Waals surface area contributed by atoms with E-state index < -0.39 is 0 Å². The van der Waals surface area contributed by atoms with E-state index in [9.17, 15) is 0 Å². The van der Waals surface area contributed by atoms with E-state index in [0.29, 0.717) is 19.0 Å². The molecule has 3 N–H and O–H groups in total. The van der Waals surface area contributed by atoms with Gasteiger partial charge in [-0.3, -0.25) is 4.99 Å². The van der Waals surface area contributed by atoms with Crippen molar-refractivity contribution in [2.45, 2.75) is 32.1 Å². The van der Waals surface area contributed by atoms with Gasteiger partial charge in [0.25, 0.3) is 0 Å². The first-order chi connectivity index (χ1) is 10.5. The van der Waals surface area contributed by atoms with Gasteiger partial charge in [-0.2, -0.15) is 0 Å². The number of guanidine groups is 1. The largest absolute Gasteiger partial charge is 0.381 e. The molecule has 128 valence electrons. The normalized spacial score (nSPS) is 17.2. The molecule has 0 atom stereocenters. The fraction of sp³-hybridized carbons (Fsp3) is 0.500. The minimum Gasteiger partial charge on any atom is -0.381 e. The Morgan fingerprint density at radius 3 is 2.61 bits per heavy atom. The van der Waals surface area contributed by atoms with Crippen molar-refractivity contribution < 1.29 is 4.74 Å². The summed E-state index contributed by atoms with van der Waals surface area (Å²) < 4.78 is 5.56. The van der Waals surface area contributed by atoms with Crippen molar-refractivity contribution in [3.63, 3.8) is 0 Å². The van der Waals surface area contributed by atoms with Crippen LogP contribution in [0.4, 0.5) is 0 Å². The first-order valence-electron chi connectivity index (χ1n) is 7.85. The zero-order valence-electron chi connectivity index (χ0n) is 14.1. The lowest BCUT2D eigenvalue weighted by Gasteiger charge is -2.37. The monoisotopic (exact) mass is 429 g/mol. The standard InChI is InChI=1S/C18H27N3O.HI/c1-14(2)12-20-17(19)21-13-18(8-10-22-11-9-18)16-7-5-4-6-15(16)3;/h4-7H,1,8-13H2,2-3H3,(H3,19,20,21);1H. The molecule has 1 fully saturated rings. The zero-order valence-corrected chi connectivity index (χ0v) is 16.4. The van der Waals surface area contributed by atoms with E-state index in [2.05, 4.69) is 48.1 Å². The summed E-state index contributed by atoms with van der Waals surface area (Å²) in [5.41, 5.74) is 9.73. The first-order valence-corrected chi connectivity index (χ1v) is 7.85. The quantitative estimate of drug-likeness (QED) is 0.327. The van der Waals surface area contributed by atoms with Gasteiger partial charge in [0.2, 0.25) is 0 Å². The van der Waals surface area contributed by atoms with Crippen LogP contribution < -0.4 is 11.1 Å². The van der Waals surface area contributed by atoms with Crippen LogP contribution >= 0.6 is 24.0 Å². The van der Waals surface area contributed by atoms with Gasteiger partial charge >= 0.3 is 0 Å². The number of hydrogen-bond donors (Lipinski definition) is 2. The van der Waals surface area contributed by atoms with Crippen LogP contribution in [-0.2, 0) is 10.2 Å². The molecule has 0 unspecified atom stereocenters. The van der Waals surface area contributed by atoms with Crippen LogP contribution in [0.5, 0.6) is 0 Å². The lowest BCUT2D eigenvalue weighted by atomic mass is 9.72. The van der Waals surface area contributed by atoms with Crippen LogP contribution in [0.15, 0.2) is 41.4 Å². The van der Waals surface area contributed by atoms with Crippen molar-refractivity contribution in [2.75, 3.05) is 26.3 Å². The number of hydrogen-bond acceptors (Lipinski definition) is 2. The van der Waals surface area contributed by atoms with Gasteiger partial charge in [0.05, 0.1) is 6.54 Å². The predicted molar refractivity (Wildman–Crippen MR) is 108 cm³/mol. The fourth-order valence-corrected chi connectivity index (χ4v) is 2.98. The Morgan fingerprint density at radius 2 is 2.00 bits per heavy atom. The van der Waals surface area contributed by atoms with E-state index in [1.54, 1.807) is 0 Å². The molecule has 1 aliphatic rings. The molecule has 1 saturated heterocycles. The molecule has 1 aromatic rings. The second-order valence-corrected chi connectivity index (χ2v) is 6.22. The van der Waals surface area contributed by atoms with Gasteiger partial charge in [0.1, 0.15) is 0 Å². The number of aryl methyl sites for hydroxylation is 1. The Bertz CT molecular complexity index is 551. The van der Waals surface area contributed by atoms with E-state index in [0.717, 1.165) is 31.6 Å². The molecule has 1 heterocycles. The van der Waals surface area contributed by atoms with E-state index in [-0.39, 0.29) is 29.4 Å². The van der Waals surface area contributed by atoms with Crippen LogP contribution in [0.25, 0.3) is 0 Å². The molecule has 0 amide bonds. The third-order valence-corrected chi connectivity index (χ3v) is 4.29. The van der Waals surface area contributed by atoms with Crippen LogP contribution in [-0.4, -0.2) is 32.3 Å². The van der Waals surface area contributed by atoms with E-state index in [1.807, 2.05) is 6.92 Å². The minimum absolute atomic E-state index is 0. The highest BCUT2D eigenvalue weighted by Gasteiger charge is 2.35. The van der Waals surface area contributed by atoms with Crippen LogP contribution in [0.3, 0.4) is 0 Å². The van der Waals surface area contributed by atoms with Gasteiger partial charge in [-0.25, -0.2) is 0 Å². The summed E-state index contributed by atoms with van der Waals surface area (Å²) in [7, 11) is 0. The number of ether oxygens (including phenoxy) is 1. The molecular formula is C18H28IN3O. The SMILES string of the molecule is C=C(C)CNC(N)=NCC1(c2ccccc2C)CCOCC1.I. The van der Waals surface area contributed by atoms with Crippen LogP contribution in [0.2, 0.25) is 0 Å². The summed E-state index contributed by atoms with van der Waals surface area (Å²) in [6.07, 6.45) is 1.96. The van der Waals surface area contributed by atoms with E-state index in [1.165, 1.54) is 11.1 Å². The van der Waals surface area contributed by atoms with Crippen molar-refractivity contribution in [1.82, 2.24) is 5.32 Å². The summed E-state index contributed by atoms with van der Waals surface area (Å²) >= 11 is 0. The molecule has 5 heteroatoms. The highest BCUT2D eigenvalue weighted by molar-refractivity contribution is 14.0. The number of halogens is 1. The molecule has 1 aromatic carbocycles. The Kier molecular flexibility index (Phi) is 8.05. The average Bonchev–Trinajstić information content (AvgIpc) is 2.52. The summed E-state index contributed by atoms with van der Waals surface area (Å²) in [4.78, 5) is 4.60. The van der Waals surface area contributed by atoms with Crippen molar-refractivity contribution >= 4 is 29.9 Å². The molecular weight excluding hydrogens is 401 g/mol. The maximum Gasteiger partial charge on any atom is 0.188 e. The number of nitrogens with zero attached hydrogens (tertiary/aromatic N) is 1. The molecule has 23 heavy (non-hydrogen) atoms. The summed E-state index contributed by atoms with van der Waals surface area (Å²) in [5.74, 6) is 0.488. The lowest BCUT2D eigenvalue weighted by Crippen LogP contribution is -2.40. The molecule has 2 rings (SSSR count). The third-order valence-electron chi connectivity index (χ3n) is 4.29. The average molecular weight is 429 g/mol. The topological polar surface area (TPSA) is 59.6 Å². The summed E-state index contributed by atoms with van der Waals surface area (Å²) in [6.45, 7) is 10.9. The van der Waals surface area contributed by atoms with Crippen molar-refractivity contribution in [1.29, 1.82) is 0 Å². The van der Waals surface area contributed by atoms with Gasteiger partial charge in [0, 0.05) is 25.2 Å². The van der Waals surface area contributed by atoms with Crippen molar-refractivity contribution in [2.24, 2.45) is 10.7 Å². The van der Waals surface area contributed by atoms with Crippen molar-refractivity contribution in [3.8, 4) is 0 Å². The second kappa shape index (κ2) is 9.27. The molecule has 0 radical (unpaired) electrons. The maximum absolute atomic E-state index is 5.98. The van der Waals surface area contributed by atoms with Gasteiger partial charge in [0.15, 0.2) is 5.96 Å². The van der Waals surface area contributed by atoms with Crippen LogP contribution in [0.1, 0.15) is 30.9 Å². The number of benzene rings is 1. The fourth-order valence-electron chi connectivity index (χ4n) is 2.98. The number of aliphatic imine (C=N–C) groups is 1. The van der Waals surface area contributed by atoms with Crippen LogP contribution in [0, 0.1) is 6.92 Å². The van der Waals surface area contributed by atoms with E-state index in [4.69, 9.17) is 10.5 Å². The Hall–Kier alpha value is -1.08. The maximum atomic E-state index is 5.98. The highest BCUT2D eigenvalue weighted by atomic mass is 127. The molecule has 0 saturated carbocycles. The first kappa shape index (κ1) is 20.0. The molecule has 4 nitrogen and oxygen atoms in total. The molecule has 0 aliphatic carbocycles. The van der Waals surface area contributed by atoms with Gasteiger partial charge in [-0.15, -0.1) is 24.0 Å². The Balaban J connectivity index is 0.00000264. The zero-order chi connectivity index (χ0) is 16.0. The van der Waals surface area contributed by atoms with Gasteiger partial charge < -0.3 is 15.8 Å². The molecule has 1 aliphatic heterocycles. The number of rotatable bonds is 5. The predicted octanol–water partition coefficient (Wildman–Crippen LogP) is 3.14. The minimum atomic E-state index is 0. The van der Waals surface area contributed by atoms with Gasteiger partial charge in [-0.1, -0.05) is 36.4 Å². The van der Waals surface area contributed by atoms with Gasteiger partial charge in [-0.05, 0) is 37.8 Å². The highest BCUT2D eigenvalue weighted by Crippen LogP contribution is 2.36. The third kappa shape index (κ3) is 5.49. The Morgan fingerprint density at radius 1 is 1.35 bits per heavy atom. The van der Waals surface area contributed by atoms with E-state index >= 15 is 0 Å². The number of nitrogens with two attached hydrogens (primary N) is 1. The van der Waals surface area contributed by atoms with Crippen molar-refractivity contribution in [3.05, 3.63) is 47.5 Å². The lowest BCUT2D eigenvalue weighted by molar-refractivity contribution is 0.0529. The molecule has 0 bridgehead atoms. The molecule has 0 aromatic heterocycles. The Labute approximate surface area is 156 Å². The number of nitrogens with one attached hydrogen (secondary N) is 1. The smallest absolute Gasteiger partial charge is 0.188 e. The summed E-state index contributed by atoms with van der Waals surface area (Å²) in [5, 5.41) is 3.10. The second-order valence-electron chi connectivity index (χ2n) is 6.22. The summed E-state index contributed by atoms with van der Waals surface area (Å²) in [6, 6.07) is 8.57. The molecule has 0 spiro atoms.